The Morgan fingerprint density at radius 2 is 1.74 bits per heavy atom. The maximum atomic E-state index is 12.4. The topological polar surface area (TPSA) is 29.1 Å². The van der Waals surface area contributed by atoms with Crippen LogP contribution in [0, 0.1) is 0 Å². The van der Waals surface area contributed by atoms with Gasteiger partial charge >= 0.3 is 0 Å². The molecule has 0 aromatic heterocycles. The van der Waals surface area contributed by atoms with Crippen molar-refractivity contribution in [1.82, 2.24) is 5.32 Å². The largest absolute Gasteiger partial charge is 0.345 e. The molecular weight excluding hydrogens is 305 g/mol. The smallest absolute Gasteiger partial charge is 0.254 e. The SMILES string of the molecule is O=C(NC1(CCl)CCCCC1)c1c(Cl)cccc1Cl. The normalized spacial score (nSPS) is 18.1. The lowest BCUT2D eigenvalue weighted by molar-refractivity contribution is 0.0885. The first kappa shape index (κ1) is 15.0. The number of halogens is 3. The third-order valence-corrected chi connectivity index (χ3v) is 4.78. The van der Waals surface area contributed by atoms with E-state index in [1.54, 1.807) is 18.2 Å². The zero-order valence-electron chi connectivity index (χ0n) is 10.5. The van der Waals surface area contributed by atoms with Crippen LogP contribution in [0.3, 0.4) is 0 Å². The van der Waals surface area contributed by atoms with E-state index >= 15 is 0 Å². The predicted octanol–water partition coefficient (Wildman–Crippen LogP) is 4.66. The summed E-state index contributed by atoms with van der Waals surface area (Å²) in [7, 11) is 0. The lowest BCUT2D eigenvalue weighted by Crippen LogP contribution is -2.51. The molecule has 1 amide bonds. The minimum absolute atomic E-state index is 0.238. The molecule has 1 fully saturated rings. The van der Waals surface area contributed by atoms with Gasteiger partial charge in [0.1, 0.15) is 0 Å². The van der Waals surface area contributed by atoms with Crippen LogP contribution >= 0.6 is 34.8 Å². The predicted molar refractivity (Wildman–Crippen MR) is 80.5 cm³/mol. The van der Waals surface area contributed by atoms with E-state index in [9.17, 15) is 4.79 Å². The number of hydrogen-bond acceptors (Lipinski definition) is 1. The number of carbonyl (C=O) groups excluding carboxylic acids is 1. The average molecular weight is 321 g/mol. The third kappa shape index (κ3) is 3.36. The molecule has 5 heteroatoms. The molecule has 1 saturated carbocycles. The minimum Gasteiger partial charge on any atom is -0.345 e. The number of nitrogens with one attached hydrogen (secondary N) is 1. The summed E-state index contributed by atoms with van der Waals surface area (Å²) in [6.07, 6.45) is 5.18. The highest BCUT2D eigenvalue weighted by Crippen LogP contribution is 2.31. The summed E-state index contributed by atoms with van der Waals surface area (Å²) < 4.78 is 0. The zero-order valence-corrected chi connectivity index (χ0v) is 12.8. The fourth-order valence-electron chi connectivity index (χ4n) is 2.54. The molecule has 0 radical (unpaired) electrons. The lowest BCUT2D eigenvalue weighted by atomic mass is 9.83. The molecular formula is C14H16Cl3NO. The molecule has 1 N–H and O–H groups in total. The monoisotopic (exact) mass is 319 g/mol. The quantitative estimate of drug-likeness (QED) is 0.806. The standard InChI is InChI=1S/C14H16Cl3NO/c15-9-14(7-2-1-3-8-14)18-13(19)12-10(16)5-4-6-11(12)17/h4-6H,1-3,7-9H2,(H,18,19). The molecule has 19 heavy (non-hydrogen) atoms. The summed E-state index contributed by atoms with van der Waals surface area (Å²) in [5.74, 6) is 0.180. The molecule has 0 saturated heterocycles. The summed E-state index contributed by atoms with van der Waals surface area (Å²) in [6.45, 7) is 0. The Morgan fingerprint density at radius 1 is 1.16 bits per heavy atom. The van der Waals surface area contributed by atoms with E-state index in [-0.39, 0.29) is 11.4 Å². The number of rotatable bonds is 3. The summed E-state index contributed by atoms with van der Waals surface area (Å²) in [5.41, 5.74) is 0.0141. The van der Waals surface area contributed by atoms with Gasteiger partial charge in [0.2, 0.25) is 0 Å². The van der Waals surface area contributed by atoms with E-state index in [0.717, 1.165) is 25.7 Å². The van der Waals surface area contributed by atoms with Gasteiger partial charge in [0.15, 0.2) is 0 Å². The van der Waals surface area contributed by atoms with Crippen LogP contribution in [0.4, 0.5) is 0 Å². The third-order valence-electron chi connectivity index (χ3n) is 3.63. The van der Waals surface area contributed by atoms with Gasteiger partial charge in [-0.2, -0.15) is 0 Å². The van der Waals surface area contributed by atoms with Gasteiger partial charge < -0.3 is 5.32 Å². The average Bonchev–Trinajstić information content (AvgIpc) is 2.39. The van der Waals surface area contributed by atoms with Crippen molar-refractivity contribution in [2.45, 2.75) is 37.6 Å². The molecule has 1 aliphatic carbocycles. The van der Waals surface area contributed by atoms with Crippen molar-refractivity contribution >= 4 is 40.7 Å². The summed E-state index contributed by atoms with van der Waals surface area (Å²) >= 11 is 18.2. The second-order valence-electron chi connectivity index (χ2n) is 5.03. The number of hydrogen-bond donors (Lipinski definition) is 1. The Balaban J connectivity index is 2.20. The highest BCUT2D eigenvalue weighted by Gasteiger charge is 2.33. The van der Waals surface area contributed by atoms with Crippen LogP contribution in [0.25, 0.3) is 0 Å². The maximum absolute atomic E-state index is 12.4. The lowest BCUT2D eigenvalue weighted by Gasteiger charge is -2.36. The van der Waals surface area contributed by atoms with Gasteiger partial charge in [0.25, 0.3) is 5.91 Å². The van der Waals surface area contributed by atoms with Crippen LogP contribution in [-0.2, 0) is 0 Å². The van der Waals surface area contributed by atoms with E-state index < -0.39 is 0 Å². The molecule has 1 aliphatic rings. The molecule has 2 rings (SSSR count). The minimum atomic E-state index is -0.320. The van der Waals surface area contributed by atoms with E-state index in [0.29, 0.717) is 21.5 Å². The van der Waals surface area contributed by atoms with Gasteiger partial charge in [-0.3, -0.25) is 4.79 Å². The van der Waals surface area contributed by atoms with Crippen LogP contribution < -0.4 is 5.32 Å². The Bertz CT molecular complexity index is 450. The van der Waals surface area contributed by atoms with E-state index in [2.05, 4.69) is 5.32 Å². The van der Waals surface area contributed by atoms with Crippen LogP contribution in [0.5, 0.6) is 0 Å². The molecule has 0 heterocycles. The molecule has 2 nitrogen and oxygen atoms in total. The van der Waals surface area contributed by atoms with Gasteiger partial charge in [-0.25, -0.2) is 0 Å². The van der Waals surface area contributed by atoms with Gasteiger partial charge in [-0.05, 0) is 25.0 Å². The Kier molecular flexibility index (Phi) is 4.99. The van der Waals surface area contributed by atoms with Crippen molar-refractivity contribution in [3.05, 3.63) is 33.8 Å². The Labute approximate surface area is 128 Å². The van der Waals surface area contributed by atoms with Crippen molar-refractivity contribution < 1.29 is 4.79 Å². The number of benzene rings is 1. The summed E-state index contributed by atoms with van der Waals surface area (Å²) in [6, 6.07) is 5.05. The van der Waals surface area contributed by atoms with E-state index in [4.69, 9.17) is 34.8 Å². The molecule has 0 spiro atoms. The molecule has 1 aromatic carbocycles. The molecule has 1 aromatic rings. The Morgan fingerprint density at radius 3 is 2.26 bits per heavy atom. The van der Waals surface area contributed by atoms with Crippen molar-refractivity contribution in [2.24, 2.45) is 0 Å². The van der Waals surface area contributed by atoms with E-state index in [1.165, 1.54) is 6.42 Å². The Hall–Kier alpha value is -0.440. The fourth-order valence-corrected chi connectivity index (χ4v) is 3.44. The number of carbonyl (C=O) groups is 1. The molecule has 0 bridgehead atoms. The van der Waals surface area contributed by atoms with Crippen LogP contribution in [0.15, 0.2) is 18.2 Å². The maximum Gasteiger partial charge on any atom is 0.254 e. The second kappa shape index (κ2) is 6.34. The molecule has 104 valence electrons. The van der Waals surface area contributed by atoms with Crippen molar-refractivity contribution in [3.63, 3.8) is 0 Å². The summed E-state index contributed by atoms with van der Waals surface area (Å²) in [4.78, 5) is 12.4. The van der Waals surface area contributed by atoms with Crippen LogP contribution in [0.1, 0.15) is 42.5 Å². The zero-order chi connectivity index (χ0) is 13.9. The number of alkyl halides is 1. The second-order valence-corrected chi connectivity index (χ2v) is 6.11. The van der Waals surface area contributed by atoms with Crippen molar-refractivity contribution in [3.8, 4) is 0 Å². The first-order chi connectivity index (χ1) is 9.08. The van der Waals surface area contributed by atoms with Crippen LogP contribution in [-0.4, -0.2) is 17.3 Å². The van der Waals surface area contributed by atoms with Crippen LogP contribution in [0.2, 0.25) is 10.0 Å². The van der Waals surface area contributed by atoms with Gasteiger partial charge in [-0.1, -0.05) is 48.5 Å². The molecule has 0 unspecified atom stereocenters. The first-order valence-electron chi connectivity index (χ1n) is 6.40. The van der Waals surface area contributed by atoms with Gasteiger partial charge in [0, 0.05) is 5.88 Å². The highest BCUT2D eigenvalue weighted by molar-refractivity contribution is 6.39. The first-order valence-corrected chi connectivity index (χ1v) is 7.69. The highest BCUT2D eigenvalue weighted by atomic mass is 35.5. The van der Waals surface area contributed by atoms with Crippen molar-refractivity contribution in [1.29, 1.82) is 0 Å². The fraction of sp³-hybridized carbons (Fsp3) is 0.500. The van der Waals surface area contributed by atoms with Gasteiger partial charge in [-0.15, -0.1) is 11.6 Å². The molecule has 0 atom stereocenters. The van der Waals surface area contributed by atoms with E-state index in [1.807, 2.05) is 0 Å². The van der Waals surface area contributed by atoms with Crippen molar-refractivity contribution in [2.75, 3.05) is 5.88 Å². The van der Waals surface area contributed by atoms with Gasteiger partial charge in [0.05, 0.1) is 21.1 Å². The summed E-state index contributed by atoms with van der Waals surface area (Å²) in [5, 5.41) is 3.77. The number of amides is 1. The molecule has 0 aliphatic heterocycles.